The van der Waals surface area contributed by atoms with Crippen LogP contribution in [0.15, 0.2) is 82.8 Å². The van der Waals surface area contributed by atoms with Crippen LogP contribution in [0.25, 0.3) is 0 Å². The van der Waals surface area contributed by atoms with Gasteiger partial charge in [-0.05, 0) is 42.0 Å². The van der Waals surface area contributed by atoms with E-state index in [0.717, 1.165) is 33.9 Å². The van der Waals surface area contributed by atoms with Crippen molar-refractivity contribution in [2.45, 2.75) is 6.04 Å². The maximum atomic E-state index is 6.40. The molecule has 28 heavy (non-hydrogen) atoms. The highest BCUT2D eigenvalue weighted by atomic mass is 35.5. The molecule has 4 nitrogen and oxygen atoms in total. The van der Waals surface area contributed by atoms with Gasteiger partial charge in [0, 0.05) is 11.1 Å². The van der Waals surface area contributed by atoms with Crippen molar-refractivity contribution in [2.24, 2.45) is 9.98 Å². The summed E-state index contributed by atoms with van der Waals surface area (Å²) < 4.78 is 10.8. The average Bonchev–Trinajstić information content (AvgIpc) is 3.19. The molecule has 1 heterocycles. The molecule has 1 aliphatic rings. The molecular weight excluding hydrogens is 372 g/mol. The van der Waals surface area contributed by atoms with E-state index >= 15 is 0 Å². The van der Waals surface area contributed by atoms with Crippen LogP contribution >= 0.6 is 11.6 Å². The first kappa shape index (κ1) is 18.3. The quantitative estimate of drug-likeness (QED) is 0.589. The number of halogens is 1. The van der Waals surface area contributed by atoms with Crippen molar-refractivity contribution in [1.29, 1.82) is 0 Å². The van der Waals surface area contributed by atoms with Gasteiger partial charge in [0.25, 0.3) is 0 Å². The van der Waals surface area contributed by atoms with Crippen molar-refractivity contribution < 1.29 is 9.47 Å². The summed E-state index contributed by atoms with van der Waals surface area (Å²) in [7, 11) is 3.31. The first-order valence-corrected chi connectivity index (χ1v) is 9.27. The minimum atomic E-state index is -0.256. The predicted molar refractivity (Wildman–Crippen MR) is 113 cm³/mol. The number of nitrogens with zero attached hydrogens (tertiary/aromatic N) is 2. The van der Waals surface area contributed by atoms with Crippen LogP contribution in [0.2, 0.25) is 5.02 Å². The second-order valence-corrected chi connectivity index (χ2v) is 6.75. The van der Waals surface area contributed by atoms with Gasteiger partial charge in [-0.1, -0.05) is 48.0 Å². The van der Waals surface area contributed by atoms with E-state index in [9.17, 15) is 0 Å². The van der Waals surface area contributed by atoms with Crippen molar-refractivity contribution in [3.05, 3.63) is 94.5 Å². The van der Waals surface area contributed by atoms with Crippen LogP contribution in [-0.2, 0) is 0 Å². The highest BCUT2D eigenvalue weighted by Gasteiger charge is 2.27. The second-order valence-electron chi connectivity index (χ2n) is 6.34. The lowest BCUT2D eigenvalue weighted by atomic mass is 9.97. The molecule has 3 aromatic rings. The summed E-state index contributed by atoms with van der Waals surface area (Å²) in [5.74, 6) is 2.18. The molecular formula is C23H19ClN2O2. The summed E-state index contributed by atoms with van der Waals surface area (Å²) in [6.45, 7) is 0. The van der Waals surface area contributed by atoms with Crippen molar-refractivity contribution in [3.63, 3.8) is 0 Å². The van der Waals surface area contributed by atoms with Gasteiger partial charge in [0.1, 0.15) is 17.5 Å². The summed E-state index contributed by atoms with van der Waals surface area (Å²) >= 11 is 6.40. The van der Waals surface area contributed by atoms with Crippen LogP contribution in [-0.4, -0.2) is 25.8 Å². The standard InChI is InChI=1S/C23H19ClN2O2/c1-27-17-9-5-7-15(13-17)21-22(16-8-6-10-18(14-16)28-2)26-23(25-21)19-11-3-4-12-20(19)24/h3-14,21H,1-2H3. The fraction of sp³-hybridized carbons (Fsp3) is 0.130. The molecule has 0 saturated heterocycles. The van der Waals surface area contributed by atoms with E-state index in [1.54, 1.807) is 14.2 Å². The summed E-state index contributed by atoms with van der Waals surface area (Å²) in [4.78, 5) is 9.77. The Morgan fingerprint density at radius 3 is 2.29 bits per heavy atom. The van der Waals surface area contributed by atoms with Crippen molar-refractivity contribution in [3.8, 4) is 11.5 Å². The Balaban J connectivity index is 1.84. The lowest BCUT2D eigenvalue weighted by Crippen LogP contribution is -2.09. The molecule has 0 saturated carbocycles. The number of hydrogen-bond acceptors (Lipinski definition) is 4. The topological polar surface area (TPSA) is 43.2 Å². The largest absolute Gasteiger partial charge is 0.497 e. The van der Waals surface area contributed by atoms with Gasteiger partial charge in [-0.15, -0.1) is 0 Å². The second kappa shape index (κ2) is 7.87. The van der Waals surface area contributed by atoms with Crippen molar-refractivity contribution in [1.82, 2.24) is 0 Å². The Morgan fingerprint density at radius 1 is 0.821 bits per heavy atom. The van der Waals surface area contributed by atoms with Gasteiger partial charge in [0.2, 0.25) is 0 Å². The van der Waals surface area contributed by atoms with Crippen LogP contribution in [0.4, 0.5) is 0 Å². The molecule has 140 valence electrons. The predicted octanol–water partition coefficient (Wildman–Crippen LogP) is 5.35. The number of benzene rings is 3. The van der Waals surface area contributed by atoms with Gasteiger partial charge in [0.15, 0.2) is 5.84 Å². The minimum Gasteiger partial charge on any atom is -0.497 e. The monoisotopic (exact) mass is 390 g/mol. The molecule has 1 unspecified atom stereocenters. The van der Waals surface area contributed by atoms with Crippen molar-refractivity contribution >= 4 is 23.1 Å². The third kappa shape index (κ3) is 3.51. The third-order valence-electron chi connectivity index (χ3n) is 4.63. The SMILES string of the molecule is COc1cccc(C2=NC(c3ccccc3Cl)=NC2c2cccc(OC)c2)c1. The molecule has 0 aliphatic carbocycles. The first-order valence-electron chi connectivity index (χ1n) is 8.89. The lowest BCUT2D eigenvalue weighted by molar-refractivity contribution is 0.414. The number of amidine groups is 1. The molecule has 0 spiro atoms. The van der Waals surface area contributed by atoms with E-state index in [2.05, 4.69) is 0 Å². The summed E-state index contributed by atoms with van der Waals surface area (Å²) in [5.41, 5.74) is 3.62. The summed E-state index contributed by atoms with van der Waals surface area (Å²) in [5, 5.41) is 0.626. The van der Waals surface area contributed by atoms with E-state index in [1.807, 2.05) is 72.8 Å². The molecule has 1 atom stereocenters. The molecule has 0 bridgehead atoms. The fourth-order valence-corrected chi connectivity index (χ4v) is 3.43. The van der Waals surface area contributed by atoms with Crippen LogP contribution in [0, 0.1) is 0 Å². The Morgan fingerprint density at radius 2 is 1.54 bits per heavy atom. The summed E-state index contributed by atoms with van der Waals surface area (Å²) in [6.07, 6.45) is 0. The number of aliphatic imine (C=N–C) groups is 2. The van der Waals surface area contributed by atoms with Gasteiger partial charge in [-0.25, -0.2) is 4.99 Å². The molecule has 0 radical (unpaired) electrons. The fourth-order valence-electron chi connectivity index (χ4n) is 3.21. The highest BCUT2D eigenvalue weighted by Crippen LogP contribution is 2.33. The number of hydrogen-bond donors (Lipinski definition) is 0. The average molecular weight is 391 g/mol. The van der Waals surface area contributed by atoms with E-state index in [0.29, 0.717) is 10.9 Å². The van der Waals surface area contributed by atoms with Gasteiger partial charge >= 0.3 is 0 Å². The van der Waals surface area contributed by atoms with Crippen LogP contribution in [0.1, 0.15) is 22.7 Å². The zero-order valence-electron chi connectivity index (χ0n) is 15.6. The maximum absolute atomic E-state index is 6.40. The van der Waals surface area contributed by atoms with E-state index in [-0.39, 0.29) is 6.04 Å². The number of ether oxygens (including phenoxy) is 2. The summed E-state index contributed by atoms with van der Waals surface area (Å²) in [6, 6.07) is 23.1. The molecule has 3 aromatic carbocycles. The zero-order chi connectivity index (χ0) is 19.5. The lowest BCUT2D eigenvalue weighted by Gasteiger charge is -2.13. The Labute approximate surface area is 169 Å². The number of methoxy groups -OCH3 is 2. The molecule has 5 heteroatoms. The third-order valence-corrected chi connectivity index (χ3v) is 4.96. The van der Waals surface area contributed by atoms with Crippen LogP contribution < -0.4 is 9.47 Å². The maximum Gasteiger partial charge on any atom is 0.157 e. The normalized spacial score (nSPS) is 15.8. The molecule has 0 aromatic heterocycles. The number of rotatable bonds is 5. The molecule has 1 aliphatic heterocycles. The van der Waals surface area contributed by atoms with Crippen LogP contribution in [0.3, 0.4) is 0 Å². The Kier molecular flexibility index (Phi) is 5.13. The minimum absolute atomic E-state index is 0.256. The van der Waals surface area contributed by atoms with E-state index in [4.69, 9.17) is 31.1 Å². The Hall–Kier alpha value is -3.11. The van der Waals surface area contributed by atoms with Gasteiger partial charge < -0.3 is 9.47 Å². The molecule has 0 fully saturated rings. The smallest absolute Gasteiger partial charge is 0.157 e. The zero-order valence-corrected chi connectivity index (χ0v) is 16.4. The van der Waals surface area contributed by atoms with Gasteiger partial charge in [-0.3, -0.25) is 4.99 Å². The van der Waals surface area contributed by atoms with Gasteiger partial charge in [-0.2, -0.15) is 0 Å². The van der Waals surface area contributed by atoms with Gasteiger partial charge in [0.05, 0.1) is 25.0 Å². The van der Waals surface area contributed by atoms with Crippen LogP contribution in [0.5, 0.6) is 11.5 Å². The molecule has 0 amide bonds. The van der Waals surface area contributed by atoms with Crippen molar-refractivity contribution in [2.75, 3.05) is 14.2 Å². The van der Waals surface area contributed by atoms with E-state index in [1.165, 1.54) is 0 Å². The molecule has 0 N–H and O–H groups in total. The highest BCUT2D eigenvalue weighted by molar-refractivity contribution is 6.35. The Bertz CT molecular complexity index is 1080. The van der Waals surface area contributed by atoms with E-state index < -0.39 is 0 Å². The molecule has 4 rings (SSSR count). The first-order chi connectivity index (χ1) is 13.7.